The maximum absolute atomic E-state index is 13.4. The summed E-state index contributed by atoms with van der Waals surface area (Å²) >= 11 is 5.98. The summed E-state index contributed by atoms with van der Waals surface area (Å²) < 4.78 is 40.1. The zero-order valence-electron chi connectivity index (χ0n) is 20.0. The molecule has 0 spiro atoms. The number of nitrogens with one attached hydrogen (secondary N) is 1. The lowest BCUT2D eigenvalue weighted by molar-refractivity contribution is -0.155. The Labute approximate surface area is 207 Å². The number of hydrogen-bond acceptors (Lipinski definition) is 4. The van der Waals surface area contributed by atoms with E-state index in [-0.39, 0.29) is 19.5 Å². The molecule has 6 nitrogen and oxygen atoms in total. The second kappa shape index (κ2) is 9.78. The van der Waals surface area contributed by atoms with Crippen LogP contribution in [0.4, 0.5) is 13.2 Å². The summed E-state index contributed by atoms with van der Waals surface area (Å²) in [6, 6.07) is 6.57. The van der Waals surface area contributed by atoms with E-state index in [2.05, 4.69) is 10.3 Å². The Morgan fingerprint density at radius 3 is 2.34 bits per heavy atom. The summed E-state index contributed by atoms with van der Waals surface area (Å²) in [4.78, 5) is 31.4. The lowest BCUT2D eigenvalue weighted by Gasteiger charge is -2.51. The van der Waals surface area contributed by atoms with E-state index >= 15 is 0 Å². The van der Waals surface area contributed by atoms with E-state index in [1.165, 1.54) is 0 Å². The summed E-state index contributed by atoms with van der Waals surface area (Å²) in [6.07, 6.45) is -2.69. The Kier molecular flexibility index (Phi) is 7.53. The summed E-state index contributed by atoms with van der Waals surface area (Å²) in [5.41, 5.74) is -3.05. The van der Waals surface area contributed by atoms with Gasteiger partial charge >= 0.3 is 6.18 Å². The van der Waals surface area contributed by atoms with Gasteiger partial charge in [-0.05, 0) is 36.1 Å². The van der Waals surface area contributed by atoms with Crippen LogP contribution in [0.2, 0.25) is 5.02 Å². The first-order valence-electron chi connectivity index (χ1n) is 11.3. The Hall–Kier alpha value is -2.65. The van der Waals surface area contributed by atoms with Crippen LogP contribution in [0.25, 0.3) is 0 Å². The van der Waals surface area contributed by atoms with Crippen molar-refractivity contribution in [2.45, 2.75) is 51.9 Å². The second-order valence-corrected chi connectivity index (χ2v) is 10.3. The van der Waals surface area contributed by atoms with Crippen LogP contribution in [0, 0.1) is 11.3 Å². The average Bonchev–Trinajstić information content (AvgIpc) is 2.78. The van der Waals surface area contributed by atoms with Crippen molar-refractivity contribution in [1.29, 1.82) is 0 Å². The number of alkyl halides is 3. The Morgan fingerprint density at radius 1 is 1.17 bits per heavy atom. The van der Waals surface area contributed by atoms with Gasteiger partial charge in [-0.2, -0.15) is 13.2 Å². The van der Waals surface area contributed by atoms with Gasteiger partial charge < -0.3 is 15.3 Å². The molecular weight excluding hydrogens is 483 g/mol. The van der Waals surface area contributed by atoms with E-state index in [1.54, 1.807) is 43.0 Å². The predicted octanol–water partition coefficient (Wildman–Crippen LogP) is 4.65. The zero-order chi connectivity index (χ0) is 26.2. The van der Waals surface area contributed by atoms with Gasteiger partial charge in [-0.15, -0.1) is 0 Å². The Morgan fingerprint density at radius 2 is 1.80 bits per heavy atom. The van der Waals surface area contributed by atoms with Gasteiger partial charge in [0.05, 0.1) is 16.7 Å². The lowest BCUT2D eigenvalue weighted by Crippen LogP contribution is -2.60. The molecule has 1 aromatic heterocycles. The third-order valence-electron chi connectivity index (χ3n) is 6.67. The van der Waals surface area contributed by atoms with Crippen LogP contribution in [0.15, 0.2) is 42.7 Å². The third kappa shape index (κ3) is 5.46. The number of carbonyl (C=O) groups is 2. The third-order valence-corrected chi connectivity index (χ3v) is 6.93. The number of hydrogen-bond donors (Lipinski definition) is 2. The molecule has 1 fully saturated rings. The number of carbonyl (C=O) groups excluding carboxylic acids is 2. The highest BCUT2D eigenvalue weighted by molar-refractivity contribution is 6.30. The van der Waals surface area contributed by atoms with Crippen LogP contribution in [0.5, 0.6) is 0 Å². The molecule has 2 atom stereocenters. The van der Waals surface area contributed by atoms with E-state index < -0.39 is 52.1 Å². The van der Waals surface area contributed by atoms with E-state index in [0.29, 0.717) is 10.6 Å². The molecule has 0 aliphatic carbocycles. The number of pyridine rings is 1. The fraction of sp³-hybridized carbons (Fsp3) is 0.480. The molecule has 1 aliphatic rings. The number of nitrogens with zero attached hydrogens (tertiary/aromatic N) is 2. The minimum atomic E-state index is -4.74. The Balaban J connectivity index is 1.81. The van der Waals surface area contributed by atoms with Gasteiger partial charge in [-0.3, -0.25) is 14.6 Å². The molecule has 10 heteroatoms. The summed E-state index contributed by atoms with van der Waals surface area (Å²) in [5, 5.41) is 14.6. The molecule has 35 heavy (non-hydrogen) atoms. The van der Waals surface area contributed by atoms with Crippen LogP contribution in [-0.4, -0.2) is 45.9 Å². The number of amides is 2. The van der Waals surface area contributed by atoms with Crippen molar-refractivity contribution in [3.05, 3.63) is 64.4 Å². The van der Waals surface area contributed by atoms with Gasteiger partial charge in [0.15, 0.2) is 0 Å². The maximum Gasteiger partial charge on any atom is 0.417 e. The van der Waals surface area contributed by atoms with Crippen molar-refractivity contribution < 1.29 is 27.9 Å². The standard InChI is InChI=1S/C25H29ClF3N3O3/c1-15(2)20(31-21(33)18-13-30-11-9-19(18)25(27,28)29)22(34)32-12-10-24(35,23(3,4)14-32)16-5-7-17(26)8-6-16/h5-9,11,13,15,20,35H,10,12,14H2,1-4H3,(H,31,33)/t20-,24+/m1/s1. The summed E-state index contributed by atoms with van der Waals surface area (Å²) in [6.45, 7) is 7.49. The molecule has 2 heterocycles. The summed E-state index contributed by atoms with van der Waals surface area (Å²) in [7, 11) is 0. The fourth-order valence-electron chi connectivity index (χ4n) is 4.52. The average molecular weight is 512 g/mol. The second-order valence-electron chi connectivity index (χ2n) is 9.88. The smallest absolute Gasteiger partial charge is 0.384 e. The molecule has 1 aromatic carbocycles. The van der Waals surface area contributed by atoms with Crippen molar-refractivity contribution in [2.75, 3.05) is 13.1 Å². The first-order chi connectivity index (χ1) is 16.2. The molecule has 1 aliphatic heterocycles. The number of likely N-dealkylation sites (tertiary alicyclic amines) is 1. The quantitative estimate of drug-likeness (QED) is 0.612. The van der Waals surface area contributed by atoms with E-state index in [4.69, 9.17) is 11.6 Å². The summed E-state index contributed by atoms with van der Waals surface area (Å²) in [5.74, 6) is -1.83. The molecule has 3 rings (SSSR count). The molecule has 0 unspecified atom stereocenters. The SMILES string of the molecule is CC(C)[C@@H](NC(=O)c1cnccc1C(F)(F)F)C(=O)N1CC[C@](O)(c2ccc(Cl)cc2)C(C)(C)C1. The molecular formula is C25H29ClF3N3O3. The van der Waals surface area contributed by atoms with Crippen LogP contribution in [0.1, 0.15) is 55.6 Å². The van der Waals surface area contributed by atoms with Crippen LogP contribution < -0.4 is 5.32 Å². The zero-order valence-corrected chi connectivity index (χ0v) is 20.7. The first kappa shape index (κ1) is 26.9. The normalized spacial score (nSPS) is 21.0. The largest absolute Gasteiger partial charge is 0.417 e. The minimum Gasteiger partial charge on any atom is -0.384 e. The minimum absolute atomic E-state index is 0.185. The van der Waals surface area contributed by atoms with Crippen molar-refractivity contribution in [3.8, 4) is 0 Å². The number of rotatable bonds is 5. The number of aromatic nitrogens is 1. The highest BCUT2D eigenvalue weighted by atomic mass is 35.5. The van der Waals surface area contributed by atoms with Crippen molar-refractivity contribution in [3.63, 3.8) is 0 Å². The number of aliphatic hydroxyl groups is 1. The molecule has 2 aromatic rings. The van der Waals surface area contributed by atoms with E-state index in [9.17, 15) is 27.9 Å². The monoisotopic (exact) mass is 511 g/mol. The van der Waals surface area contributed by atoms with Gasteiger partial charge in [-0.1, -0.05) is 51.4 Å². The van der Waals surface area contributed by atoms with Crippen LogP contribution >= 0.6 is 11.6 Å². The van der Waals surface area contributed by atoms with Crippen molar-refractivity contribution in [1.82, 2.24) is 15.2 Å². The number of halogens is 4. The highest BCUT2D eigenvalue weighted by Crippen LogP contribution is 2.46. The molecule has 1 saturated heterocycles. The highest BCUT2D eigenvalue weighted by Gasteiger charge is 2.50. The van der Waals surface area contributed by atoms with Crippen LogP contribution in [-0.2, 0) is 16.6 Å². The Bertz CT molecular complexity index is 1090. The molecule has 190 valence electrons. The molecule has 0 bridgehead atoms. The van der Waals surface area contributed by atoms with E-state index in [0.717, 1.165) is 18.5 Å². The van der Waals surface area contributed by atoms with Gasteiger partial charge in [-0.25, -0.2) is 0 Å². The predicted molar refractivity (Wildman–Crippen MR) is 126 cm³/mol. The number of benzene rings is 1. The van der Waals surface area contributed by atoms with Gasteiger partial charge in [0, 0.05) is 35.9 Å². The molecule has 0 radical (unpaired) electrons. The van der Waals surface area contributed by atoms with E-state index in [1.807, 2.05) is 13.8 Å². The van der Waals surface area contributed by atoms with Gasteiger partial charge in [0.1, 0.15) is 6.04 Å². The molecule has 2 N–H and O–H groups in total. The van der Waals surface area contributed by atoms with Crippen molar-refractivity contribution >= 4 is 23.4 Å². The van der Waals surface area contributed by atoms with Crippen LogP contribution in [0.3, 0.4) is 0 Å². The van der Waals surface area contributed by atoms with Crippen molar-refractivity contribution in [2.24, 2.45) is 11.3 Å². The number of piperidine rings is 1. The molecule has 2 amide bonds. The molecule has 0 saturated carbocycles. The lowest BCUT2D eigenvalue weighted by atomic mass is 9.66. The first-order valence-corrected chi connectivity index (χ1v) is 11.6. The maximum atomic E-state index is 13.4. The fourth-order valence-corrected chi connectivity index (χ4v) is 4.65. The van der Waals surface area contributed by atoms with Gasteiger partial charge in [0.2, 0.25) is 5.91 Å². The van der Waals surface area contributed by atoms with Gasteiger partial charge in [0.25, 0.3) is 5.91 Å². The topological polar surface area (TPSA) is 82.5 Å².